The maximum atomic E-state index is 12.1. The van der Waals surface area contributed by atoms with Crippen LogP contribution in [0.2, 0.25) is 0 Å². The van der Waals surface area contributed by atoms with Crippen LogP contribution in [0.1, 0.15) is 12.5 Å². The number of aliphatic carboxylic acids is 1. The molecule has 20 heavy (non-hydrogen) atoms. The molecular formula is C15H16BrNO3. The Kier molecular flexibility index (Phi) is 4.60. The molecule has 1 aliphatic heterocycles. The zero-order valence-electron chi connectivity index (χ0n) is 11.1. The molecule has 1 amide bonds. The Morgan fingerprint density at radius 3 is 2.75 bits per heavy atom. The fourth-order valence-corrected chi connectivity index (χ4v) is 2.77. The quantitative estimate of drug-likeness (QED) is 0.862. The molecule has 1 N–H and O–H groups in total. The molecule has 0 bridgehead atoms. The molecule has 2 rings (SSSR count). The second-order valence-electron chi connectivity index (χ2n) is 5.05. The van der Waals surface area contributed by atoms with Crippen LogP contribution in [0, 0.1) is 11.8 Å². The SMILES string of the molecule is CC1CN(C(=O)C=Cc2cccc(Br)c2)CC1C(=O)O. The number of rotatable bonds is 3. The Balaban J connectivity index is 2.01. The average Bonchev–Trinajstić information content (AvgIpc) is 2.78. The van der Waals surface area contributed by atoms with Gasteiger partial charge in [-0.25, -0.2) is 0 Å². The van der Waals surface area contributed by atoms with Crippen molar-refractivity contribution in [3.05, 3.63) is 40.4 Å². The lowest BCUT2D eigenvalue weighted by molar-refractivity contribution is -0.142. The Labute approximate surface area is 126 Å². The van der Waals surface area contributed by atoms with Crippen molar-refractivity contribution in [1.29, 1.82) is 0 Å². The third-order valence-electron chi connectivity index (χ3n) is 3.51. The van der Waals surface area contributed by atoms with Crippen molar-refractivity contribution in [2.24, 2.45) is 11.8 Å². The highest BCUT2D eigenvalue weighted by atomic mass is 79.9. The molecule has 4 nitrogen and oxygen atoms in total. The fourth-order valence-electron chi connectivity index (χ4n) is 2.35. The minimum absolute atomic E-state index is 0.00396. The van der Waals surface area contributed by atoms with Gasteiger partial charge in [-0.3, -0.25) is 9.59 Å². The number of likely N-dealkylation sites (tertiary alicyclic amines) is 1. The average molecular weight is 338 g/mol. The lowest BCUT2D eigenvalue weighted by atomic mass is 9.99. The number of carboxylic acid groups (broad SMARTS) is 1. The van der Waals surface area contributed by atoms with Gasteiger partial charge in [-0.15, -0.1) is 0 Å². The summed E-state index contributed by atoms with van der Waals surface area (Å²) < 4.78 is 0.952. The van der Waals surface area contributed by atoms with Gasteiger partial charge in [0, 0.05) is 23.6 Å². The maximum absolute atomic E-state index is 12.1. The van der Waals surface area contributed by atoms with Crippen LogP contribution in [0.4, 0.5) is 0 Å². The lowest BCUT2D eigenvalue weighted by Gasteiger charge is -2.12. The van der Waals surface area contributed by atoms with Crippen molar-refractivity contribution in [1.82, 2.24) is 4.90 Å². The molecule has 1 aromatic rings. The standard InChI is InChI=1S/C15H16BrNO3/c1-10-8-17(9-13(10)15(19)20)14(18)6-5-11-3-2-4-12(16)7-11/h2-7,10,13H,8-9H2,1H3,(H,19,20). The number of carbonyl (C=O) groups excluding carboxylic acids is 1. The van der Waals surface area contributed by atoms with Gasteiger partial charge in [0.15, 0.2) is 0 Å². The van der Waals surface area contributed by atoms with Gasteiger partial charge in [-0.2, -0.15) is 0 Å². The predicted octanol–water partition coefficient (Wildman–Crippen LogP) is 2.64. The summed E-state index contributed by atoms with van der Waals surface area (Å²) in [7, 11) is 0. The van der Waals surface area contributed by atoms with Crippen LogP contribution >= 0.6 is 15.9 Å². The molecular weight excluding hydrogens is 322 g/mol. The second-order valence-corrected chi connectivity index (χ2v) is 5.97. The van der Waals surface area contributed by atoms with Crippen LogP contribution < -0.4 is 0 Å². The lowest BCUT2D eigenvalue weighted by Crippen LogP contribution is -2.28. The highest BCUT2D eigenvalue weighted by molar-refractivity contribution is 9.10. The van der Waals surface area contributed by atoms with Crippen molar-refractivity contribution in [2.75, 3.05) is 13.1 Å². The van der Waals surface area contributed by atoms with E-state index in [1.54, 1.807) is 11.0 Å². The molecule has 0 saturated carbocycles. The number of carboxylic acids is 1. The summed E-state index contributed by atoms with van der Waals surface area (Å²) in [4.78, 5) is 24.7. The summed E-state index contributed by atoms with van der Waals surface area (Å²) in [5.41, 5.74) is 0.926. The summed E-state index contributed by atoms with van der Waals surface area (Å²) in [5, 5.41) is 9.06. The van der Waals surface area contributed by atoms with Crippen LogP contribution in [0.5, 0.6) is 0 Å². The molecule has 0 radical (unpaired) electrons. The first-order valence-corrected chi connectivity index (χ1v) is 7.22. The van der Waals surface area contributed by atoms with E-state index in [4.69, 9.17) is 5.11 Å². The van der Waals surface area contributed by atoms with Crippen LogP contribution in [0.3, 0.4) is 0 Å². The van der Waals surface area contributed by atoms with Gasteiger partial charge in [0.1, 0.15) is 0 Å². The molecule has 2 unspecified atom stereocenters. The summed E-state index contributed by atoms with van der Waals surface area (Å²) >= 11 is 3.37. The van der Waals surface area contributed by atoms with Gasteiger partial charge in [0.25, 0.3) is 0 Å². The van der Waals surface area contributed by atoms with Gasteiger partial charge >= 0.3 is 5.97 Å². The summed E-state index contributed by atoms with van der Waals surface area (Å²) in [6.07, 6.45) is 3.24. The van der Waals surface area contributed by atoms with Crippen molar-refractivity contribution < 1.29 is 14.7 Å². The number of hydrogen-bond donors (Lipinski definition) is 1. The Morgan fingerprint density at radius 2 is 2.15 bits per heavy atom. The van der Waals surface area contributed by atoms with E-state index in [-0.39, 0.29) is 18.4 Å². The Hall–Kier alpha value is -1.62. The van der Waals surface area contributed by atoms with E-state index in [9.17, 15) is 9.59 Å². The van der Waals surface area contributed by atoms with Gasteiger partial charge in [-0.1, -0.05) is 35.0 Å². The molecule has 1 saturated heterocycles. The number of benzene rings is 1. The number of hydrogen-bond acceptors (Lipinski definition) is 2. The van der Waals surface area contributed by atoms with E-state index in [1.165, 1.54) is 6.08 Å². The monoisotopic (exact) mass is 337 g/mol. The fraction of sp³-hybridized carbons (Fsp3) is 0.333. The summed E-state index contributed by atoms with van der Waals surface area (Å²) in [6.45, 7) is 2.65. The van der Waals surface area contributed by atoms with Crippen molar-refractivity contribution in [2.45, 2.75) is 6.92 Å². The van der Waals surface area contributed by atoms with Crippen LogP contribution in [0.15, 0.2) is 34.8 Å². The number of nitrogens with zero attached hydrogens (tertiary/aromatic N) is 1. The molecule has 5 heteroatoms. The molecule has 1 fully saturated rings. The number of halogens is 1. The smallest absolute Gasteiger partial charge is 0.308 e. The zero-order valence-corrected chi connectivity index (χ0v) is 12.7. The molecule has 0 spiro atoms. The minimum atomic E-state index is -0.830. The first-order valence-electron chi connectivity index (χ1n) is 6.42. The molecule has 2 atom stereocenters. The van der Waals surface area contributed by atoms with Gasteiger partial charge in [0.2, 0.25) is 5.91 Å². The zero-order chi connectivity index (χ0) is 14.7. The van der Waals surface area contributed by atoms with Crippen LogP contribution in [0.25, 0.3) is 6.08 Å². The van der Waals surface area contributed by atoms with Crippen LogP contribution in [-0.4, -0.2) is 35.0 Å². The predicted molar refractivity (Wildman–Crippen MR) is 80.0 cm³/mol. The molecule has 0 aliphatic carbocycles. The number of carbonyl (C=O) groups is 2. The maximum Gasteiger partial charge on any atom is 0.308 e. The summed E-state index contributed by atoms with van der Waals surface area (Å²) in [5.74, 6) is -1.43. The second kappa shape index (κ2) is 6.22. The van der Waals surface area contributed by atoms with Crippen molar-refractivity contribution >= 4 is 33.9 Å². The highest BCUT2D eigenvalue weighted by Gasteiger charge is 2.36. The topological polar surface area (TPSA) is 57.6 Å². The molecule has 1 heterocycles. The highest BCUT2D eigenvalue weighted by Crippen LogP contribution is 2.23. The third-order valence-corrected chi connectivity index (χ3v) is 4.00. The van der Waals surface area contributed by atoms with Crippen LogP contribution in [-0.2, 0) is 9.59 Å². The molecule has 106 valence electrons. The van der Waals surface area contributed by atoms with E-state index in [1.807, 2.05) is 31.2 Å². The normalized spacial score (nSPS) is 22.4. The molecule has 0 aromatic heterocycles. The van der Waals surface area contributed by atoms with Crippen molar-refractivity contribution in [3.8, 4) is 0 Å². The number of amides is 1. The van der Waals surface area contributed by atoms with E-state index in [0.717, 1.165) is 10.0 Å². The Bertz CT molecular complexity index is 556. The third kappa shape index (κ3) is 3.48. The van der Waals surface area contributed by atoms with E-state index < -0.39 is 11.9 Å². The van der Waals surface area contributed by atoms with Gasteiger partial charge in [0.05, 0.1) is 5.92 Å². The van der Waals surface area contributed by atoms with Gasteiger partial charge in [-0.05, 0) is 29.7 Å². The molecule has 1 aromatic carbocycles. The minimum Gasteiger partial charge on any atom is -0.481 e. The largest absolute Gasteiger partial charge is 0.481 e. The van der Waals surface area contributed by atoms with Gasteiger partial charge < -0.3 is 10.0 Å². The van der Waals surface area contributed by atoms with E-state index in [0.29, 0.717) is 6.54 Å². The Morgan fingerprint density at radius 1 is 1.40 bits per heavy atom. The summed E-state index contributed by atoms with van der Waals surface area (Å²) in [6, 6.07) is 7.63. The van der Waals surface area contributed by atoms with E-state index >= 15 is 0 Å². The first-order chi connectivity index (χ1) is 9.47. The molecule has 1 aliphatic rings. The first kappa shape index (κ1) is 14.8. The van der Waals surface area contributed by atoms with E-state index in [2.05, 4.69) is 15.9 Å². The van der Waals surface area contributed by atoms with Crippen molar-refractivity contribution in [3.63, 3.8) is 0 Å².